The lowest BCUT2D eigenvalue weighted by atomic mass is 10.1. The molecule has 2 N–H and O–H groups in total. The fourth-order valence-corrected chi connectivity index (χ4v) is 2.22. The third-order valence-corrected chi connectivity index (χ3v) is 3.55. The third kappa shape index (κ3) is 15.3. The Hall–Kier alpha value is -1.13. The molecule has 0 spiro atoms. The molecule has 128 valence electrons. The zero-order valence-corrected chi connectivity index (χ0v) is 13.9. The van der Waals surface area contributed by atoms with E-state index in [-0.39, 0.29) is 6.10 Å². The van der Waals surface area contributed by atoms with Crippen LogP contribution in [0.15, 0.2) is 24.3 Å². The van der Waals surface area contributed by atoms with Gasteiger partial charge in [0.15, 0.2) is 0 Å². The van der Waals surface area contributed by atoms with Crippen LogP contribution in [0.4, 0.5) is 0 Å². The smallest absolute Gasteiger partial charge is 0.365 e. The summed E-state index contributed by atoms with van der Waals surface area (Å²) in [6.45, 7) is 2.22. The number of carbonyl (C=O) groups excluding carboxylic acids is 1. The van der Waals surface area contributed by atoms with Crippen molar-refractivity contribution in [1.82, 2.24) is 0 Å². The highest BCUT2D eigenvalue weighted by Crippen LogP contribution is 2.09. The van der Waals surface area contributed by atoms with Gasteiger partial charge < -0.3 is 5.11 Å². The fourth-order valence-electron chi connectivity index (χ4n) is 2.22. The van der Waals surface area contributed by atoms with E-state index >= 15 is 0 Å². The van der Waals surface area contributed by atoms with E-state index in [2.05, 4.69) is 17.9 Å². The van der Waals surface area contributed by atoms with E-state index in [0.29, 0.717) is 0 Å². The Bertz CT molecular complexity index is 310. The molecule has 0 bridgehead atoms. The standard InChI is InChI=1S/C18H32O4/c1-2-3-4-5-6-8-11-14-17(19)15-12-9-7-10-13-16-18(20)22-21/h11,13-14,16-17,19,21H,2-10,12,15H2,1H3. The molecule has 22 heavy (non-hydrogen) atoms. The third-order valence-electron chi connectivity index (χ3n) is 3.55. The summed E-state index contributed by atoms with van der Waals surface area (Å²) in [5.74, 6) is -0.741. The Balaban J connectivity index is 3.40. The number of allylic oxidation sites excluding steroid dienone is 2. The normalized spacial score (nSPS) is 13.0. The number of unbranched alkanes of at least 4 members (excludes halogenated alkanes) is 8. The van der Waals surface area contributed by atoms with Crippen LogP contribution in [-0.4, -0.2) is 22.4 Å². The van der Waals surface area contributed by atoms with E-state index in [0.717, 1.165) is 38.5 Å². The highest BCUT2D eigenvalue weighted by atomic mass is 17.1. The Kier molecular flexibility index (Phi) is 15.4. The van der Waals surface area contributed by atoms with Crippen molar-refractivity contribution in [2.75, 3.05) is 0 Å². The van der Waals surface area contributed by atoms with Gasteiger partial charge >= 0.3 is 5.97 Å². The summed E-state index contributed by atoms with van der Waals surface area (Å²) in [5.41, 5.74) is 0. The molecule has 1 atom stereocenters. The molecular weight excluding hydrogens is 280 g/mol. The first kappa shape index (κ1) is 20.9. The summed E-state index contributed by atoms with van der Waals surface area (Å²) in [4.78, 5) is 14.1. The van der Waals surface area contributed by atoms with Crippen LogP contribution in [0.1, 0.15) is 77.6 Å². The molecule has 0 heterocycles. The number of hydrogen-bond acceptors (Lipinski definition) is 4. The summed E-state index contributed by atoms with van der Waals surface area (Å²) in [5, 5.41) is 17.9. The van der Waals surface area contributed by atoms with Crippen molar-refractivity contribution in [3.63, 3.8) is 0 Å². The summed E-state index contributed by atoms with van der Waals surface area (Å²) < 4.78 is 0. The van der Waals surface area contributed by atoms with Crippen LogP contribution in [0.25, 0.3) is 0 Å². The number of rotatable bonds is 14. The number of aliphatic hydroxyl groups excluding tert-OH is 1. The molecular formula is C18H32O4. The number of hydrogen-bond donors (Lipinski definition) is 2. The Morgan fingerprint density at radius 3 is 2.32 bits per heavy atom. The van der Waals surface area contributed by atoms with Gasteiger partial charge in [-0.2, -0.15) is 5.26 Å². The molecule has 0 rings (SSSR count). The van der Waals surface area contributed by atoms with Crippen LogP contribution in [-0.2, 0) is 9.68 Å². The fraction of sp³-hybridized carbons (Fsp3) is 0.722. The van der Waals surface area contributed by atoms with E-state index in [1.165, 1.54) is 38.2 Å². The molecule has 0 saturated carbocycles. The van der Waals surface area contributed by atoms with Gasteiger partial charge in [-0.1, -0.05) is 63.7 Å². The van der Waals surface area contributed by atoms with Gasteiger partial charge in [0, 0.05) is 6.08 Å². The predicted molar refractivity (Wildman–Crippen MR) is 89.5 cm³/mol. The Labute approximate surface area is 134 Å². The number of aliphatic hydroxyl groups is 1. The largest absolute Gasteiger partial charge is 0.389 e. The molecule has 0 aromatic carbocycles. The van der Waals surface area contributed by atoms with Crippen molar-refractivity contribution in [2.45, 2.75) is 83.7 Å². The van der Waals surface area contributed by atoms with Crippen LogP contribution in [0, 0.1) is 0 Å². The van der Waals surface area contributed by atoms with Gasteiger partial charge in [0.25, 0.3) is 0 Å². The van der Waals surface area contributed by atoms with Crippen molar-refractivity contribution in [2.24, 2.45) is 0 Å². The van der Waals surface area contributed by atoms with E-state index in [1.54, 1.807) is 6.08 Å². The predicted octanol–water partition coefficient (Wildman–Crippen LogP) is 4.79. The summed E-state index contributed by atoms with van der Waals surface area (Å²) >= 11 is 0. The van der Waals surface area contributed by atoms with Gasteiger partial charge in [-0.05, 0) is 32.1 Å². The van der Waals surface area contributed by atoms with Crippen molar-refractivity contribution < 1.29 is 20.0 Å². The van der Waals surface area contributed by atoms with Crippen LogP contribution in [0.2, 0.25) is 0 Å². The van der Waals surface area contributed by atoms with E-state index in [1.807, 2.05) is 6.08 Å². The first-order valence-corrected chi connectivity index (χ1v) is 8.57. The second-order valence-electron chi connectivity index (χ2n) is 5.65. The van der Waals surface area contributed by atoms with Gasteiger partial charge in [-0.3, -0.25) is 4.89 Å². The molecule has 0 fully saturated rings. The van der Waals surface area contributed by atoms with Gasteiger partial charge in [-0.15, -0.1) is 0 Å². The minimum absolute atomic E-state index is 0.337. The van der Waals surface area contributed by atoms with Crippen LogP contribution >= 0.6 is 0 Å². The molecule has 0 aliphatic rings. The second kappa shape index (κ2) is 16.2. The van der Waals surface area contributed by atoms with E-state index in [4.69, 9.17) is 5.26 Å². The monoisotopic (exact) mass is 312 g/mol. The van der Waals surface area contributed by atoms with Gasteiger partial charge in [0.2, 0.25) is 0 Å². The van der Waals surface area contributed by atoms with Crippen LogP contribution in [0.3, 0.4) is 0 Å². The van der Waals surface area contributed by atoms with E-state index in [9.17, 15) is 9.90 Å². The van der Waals surface area contributed by atoms with Gasteiger partial charge in [-0.25, -0.2) is 4.79 Å². The van der Waals surface area contributed by atoms with Crippen molar-refractivity contribution in [3.8, 4) is 0 Å². The lowest BCUT2D eigenvalue weighted by Gasteiger charge is -2.04. The maximum atomic E-state index is 10.6. The lowest BCUT2D eigenvalue weighted by Crippen LogP contribution is -2.01. The maximum Gasteiger partial charge on any atom is 0.365 e. The molecule has 4 heteroatoms. The summed E-state index contributed by atoms with van der Waals surface area (Å²) in [7, 11) is 0. The molecule has 4 nitrogen and oxygen atoms in total. The van der Waals surface area contributed by atoms with Crippen molar-refractivity contribution in [1.29, 1.82) is 0 Å². The molecule has 0 aromatic heterocycles. The zero-order valence-electron chi connectivity index (χ0n) is 13.9. The molecule has 0 radical (unpaired) electrons. The highest BCUT2D eigenvalue weighted by molar-refractivity contribution is 5.81. The first-order valence-electron chi connectivity index (χ1n) is 8.57. The Morgan fingerprint density at radius 1 is 1.00 bits per heavy atom. The van der Waals surface area contributed by atoms with Crippen molar-refractivity contribution >= 4 is 5.97 Å². The Morgan fingerprint density at radius 2 is 1.64 bits per heavy atom. The summed E-state index contributed by atoms with van der Waals surface area (Å²) in [6.07, 6.45) is 18.6. The summed E-state index contributed by atoms with van der Waals surface area (Å²) in [6, 6.07) is 0. The molecule has 0 saturated heterocycles. The highest BCUT2D eigenvalue weighted by Gasteiger charge is 1.98. The molecule has 0 aliphatic heterocycles. The SMILES string of the molecule is CCCCCCCC=CC(O)CCCCCC=CC(=O)OO. The quantitative estimate of drug-likeness (QED) is 0.159. The minimum atomic E-state index is -0.741. The number of carbonyl (C=O) groups is 1. The van der Waals surface area contributed by atoms with Gasteiger partial charge in [0.05, 0.1) is 6.10 Å². The molecule has 0 aromatic rings. The molecule has 0 amide bonds. The minimum Gasteiger partial charge on any atom is -0.389 e. The van der Waals surface area contributed by atoms with Crippen molar-refractivity contribution in [3.05, 3.63) is 24.3 Å². The van der Waals surface area contributed by atoms with Crippen LogP contribution < -0.4 is 0 Å². The van der Waals surface area contributed by atoms with Gasteiger partial charge in [0.1, 0.15) is 0 Å². The maximum absolute atomic E-state index is 10.6. The molecule has 1 unspecified atom stereocenters. The molecule has 0 aliphatic carbocycles. The van der Waals surface area contributed by atoms with E-state index < -0.39 is 5.97 Å². The average Bonchev–Trinajstić information content (AvgIpc) is 2.52. The zero-order chi connectivity index (χ0) is 16.5. The topological polar surface area (TPSA) is 66.8 Å². The first-order chi connectivity index (χ1) is 10.7. The lowest BCUT2D eigenvalue weighted by molar-refractivity contribution is -0.228. The van der Waals surface area contributed by atoms with Crippen LogP contribution in [0.5, 0.6) is 0 Å². The second-order valence-corrected chi connectivity index (χ2v) is 5.65. The average molecular weight is 312 g/mol.